The SMILES string of the molecule is COC(=O)c1cccc(Nc2nc(N)c(C(=O)c3cccc(F)c3)s2)c1. The van der Waals surface area contributed by atoms with Crippen LogP contribution >= 0.6 is 11.3 Å². The fraction of sp³-hybridized carbons (Fsp3) is 0.0556. The number of thiazole rings is 1. The number of nitrogens with zero attached hydrogens (tertiary/aromatic N) is 1. The van der Waals surface area contributed by atoms with E-state index >= 15 is 0 Å². The average Bonchev–Trinajstić information content (AvgIpc) is 3.00. The monoisotopic (exact) mass is 371 g/mol. The van der Waals surface area contributed by atoms with E-state index in [1.165, 1.54) is 25.3 Å². The third-order valence-electron chi connectivity index (χ3n) is 3.48. The Balaban J connectivity index is 1.85. The van der Waals surface area contributed by atoms with Crippen LogP contribution in [0.1, 0.15) is 25.6 Å². The molecule has 8 heteroatoms. The number of halogens is 1. The van der Waals surface area contributed by atoms with E-state index in [-0.39, 0.29) is 16.3 Å². The first-order valence-corrected chi connectivity index (χ1v) is 8.31. The number of aromatic nitrogens is 1. The number of hydrogen-bond donors (Lipinski definition) is 2. The average molecular weight is 371 g/mol. The van der Waals surface area contributed by atoms with Crippen molar-refractivity contribution in [2.24, 2.45) is 0 Å². The van der Waals surface area contributed by atoms with Gasteiger partial charge >= 0.3 is 5.97 Å². The summed E-state index contributed by atoms with van der Waals surface area (Å²) in [6.45, 7) is 0. The Morgan fingerprint density at radius 3 is 2.62 bits per heavy atom. The summed E-state index contributed by atoms with van der Waals surface area (Å²) in [7, 11) is 1.30. The lowest BCUT2D eigenvalue weighted by atomic mass is 10.1. The summed E-state index contributed by atoms with van der Waals surface area (Å²) in [4.78, 5) is 28.4. The molecule has 0 fully saturated rings. The molecule has 0 aliphatic carbocycles. The van der Waals surface area contributed by atoms with Gasteiger partial charge in [-0.3, -0.25) is 4.79 Å². The molecule has 0 aliphatic rings. The summed E-state index contributed by atoms with van der Waals surface area (Å²) in [5.41, 5.74) is 7.00. The largest absolute Gasteiger partial charge is 0.465 e. The molecular formula is C18H14FN3O3S. The van der Waals surface area contributed by atoms with Gasteiger partial charge in [-0.25, -0.2) is 14.2 Å². The van der Waals surface area contributed by atoms with Gasteiger partial charge in [-0.05, 0) is 30.3 Å². The molecule has 3 rings (SSSR count). The zero-order valence-corrected chi connectivity index (χ0v) is 14.5. The minimum atomic E-state index is -0.503. The van der Waals surface area contributed by atoms with Gasteiger partial charge in [0.1, 0.15) is 16.5 Å². The van der Waals surface area contributed by atoms with Gasteiger partial charge in [0.25, 0.3) is 0 Å². The lowest BCUT2D eigenvalue weighted by molar-refractivity contribution is 0.0600. The van der Waals surface area contributed by atoms with Gasteiger partial charge in [0, 0.05) is 11.3 Å². The number of esters is 1. The van der Waals surface area contributed by atoms with Crippen LogP contribution in [-0.4, -0.2) is 23.8 Å². The maximum absolute atomic E-state index is 13.3. The van der Waals surface area contributed by atoms with Crippen LogP contribution in [0.15, 0.2) is 48.5 Å². The van der Waals surface area contributed by atoms with E-state index in [1.54, 1.807) is 24.3 Å². The summed E-state index contributed by atoms with van der Waals surface area (Å²) in [6, 6.07) is 12.0. The van der Waals surface area contributed by atoms with Crippen molar-refractivity contribution in [2.75, 3.05) is 18.2 Å². The Kier molecular flexibility index (Phi) is 4.94. The number of benzene rings is 2. The van der Waals surface area contributed by atoms with Gasteiger partial charge in [0.05, 0.1) is 12.7 Å². The van der Waals surface area contributed by atoms with Crippen molar-refractivity contribution in [3.63, 3.8) is 0 Å². The highest BCUT2D eigenvalue weighted by Gasteiger charge is 2.18. The topological polar surface area (TPSA) is 94.3 Å². The van der Waals surface area contributed by atoms with Gasteiger partial charge in [-0.2, -0.15) is 0 Å². The van der Waals surface area contributed by atoms with Crippen LogP contribution in [0.25, 0.3) is 0 Å². The van der Waals surface area contributed by atoms with E-state index < -0.39 is 17.6 Å². The van der Waals surface area contributed by atoms with Gasteiger partial charge in [0.2, 0.25) is 5.78 Å². The van der Waals surface area contributed by atoms with Gasteiger partial charge in [-0.1, -0.05) is 29.5 Å². The minimum absolute atomic E-state index is 0.0517. The molecule has 0 atom stereocenters. The van der Waals surface area contributed by atoms with E-state index in [0.717, 1.165) is 17.4 Å². The first kappa shape index (κ1) is 17.6. The normalized spacial score (nSPS) is 10.4. The summed E-state index contributed by atoms with van der Waals surface area (Å²) >= 11 is 1.05. The van der Waals surface area contributed by atoms with Crippen molar-refractivity contribution < 1.29 is 18.7 Å². The van der Waals surface area contributed by atoms with Gasteiger partial charge in [0.15, 0.2) is 5.13 Å². The zero-order valence-electron chi connectivity index (χ0n) is 13.7. The Bertz CT molecular complexity index is 987. The third kappa shape index (κ3) is 3.70. The van der Waals surface area contributed by atoms with Crippen molar-refractivity contribution in [3.8, 4) is 0 Å². The number of ether oxygens (including phenoxy) is 1. The second-order valence-corrected chi connectivity index (χ2v) is 6.27. The lowest BCUT2D eigenvalue weighted by Crippen LogP contribution is -2.02. The van der Waals surface area contributed by atoms with Crippen LogP contribution in [-0.2, 0) is 4.74 Å². The molecule has 2 aromatic carbocycles. The van der Waals surface area contributed by atoms with E-state index in [0.29, 0.717) is 16.4 Å². The third-order valence-corrected chi connectivity index (χ3v) is 4.47. The number of nitrogen functional groups attached to an aromatic ring is 1. The molecule has 3 aromatic rings. The summed E-state index contributed by atoms with van der Waals surface area (Å²) in [5, 5.41) is 3.37. The molecule has 1 aromatic heterocycles. The maximum Gasteiger partial charge on any atom is 0.337 e. The molecular weight excluding hydrogens is 357 g/mol. The molecule has 1 heterocycles. The minimum Gasteiger partial charge on any atom is -0.465 e. The van der Waals surface area contributed by atoms with Gasteiger partial charge < -0.3 is 15.8 Å². The number of carbonyl (C=O) groups is 2. The maximum atomic E-state index is 13.3. The van der Waals surface area contributed by atoms with Crippen LogP contribution < -0.4 is 11.1 Å². The lowest BCUT2D eigenvalue weighted by Gasteiger charge is -2.04. The Hall–Kier alpha value is -3.26. The quantitative estimate of drug-likeness (QED) is 0.525. The molecule has 0 spiro atoms. The first-order valence-electron chi connectivity index (χ1n) is 7.50. The molecule has 26 heavy (non-hydrogen) atoms. The zero-order chi connectivity index (χ0) is 18.7. The van der Waals surface area contributed by atoms with Crippen molar-refractivity contribution in [1.82, 2.24) is 4.98 Å². The van der Waals surface area contributed by atoms with Crippen LogP contribution in [0.3, 0.4) is 0 Å². The Morgan fingerprint density at radius 2 is 1.88 bits per heavy atom. The van der Waals surface area contributed by atoms with Crippen molar-refractivity contribution in [1.29, 1.82) is 0 Å². The fourth-order valence-corrected chi connectivity index (χ4v) is 3.14. The molecule has 0 unspecified atom stereocenters. The molecule has 0 aliphatic heterocycles. The van der Waals surface area contributed by atoms with Crippen LogP contribution in [0.2, 0.25) is 0 Å². The summed E-state index contributed by atoms with van der Waals surface area (Å²) in [6.07, 6.45) is 0. The number of methoxy groups -OCH3 is 1. The van der Waals surface area contributed by atoms with Gasteiger partial charge in [-0.15, -0.1) is 0 Å². The molecule has 132 valence electrons. The summed E-state index contributed by atoms with van der Waals surface area (Å²) in [5.74, 6) is -1.32. The number of hydrogen-bond acceptors (Lipinski definition) is 7. The summed E-state index contributed by atoms with van der Waals surface area (Å²) < 4.78 is 18.0. The van der Waals surface area contributed by atoms with Crippen molar-refractivity contribution in [2.45, 2.75) is 0 Å². The standard InChI is InChI=1S/C18H14FN3O3S/c1-25-17(24)11-5-3-7-13(9-11)21-18-22-16(20)15(26-18)14(23)10-4-2-6-12(19)8-10/h2-9H,20H2,1H3,(H,21,22). The number of ketones is 1. The smallest absolute Gasteiger partial charge is 0.337 e. The first-order chi connectivity index (χ1) is 12.5. The van der Waals surface area contributed by atoms with E-state index in [4.69, 9.17) is 5.73 Å². The molecule has 0 bridgehead atoms. The van der Waals surface area contributed by atoms with Crippen molar-refractivity contribution >= 4 is 39.7 Å². The van der Waals surface area contributed by atoms with E-state index in [9.17, 15) is 14.0 Å². The molecule has 0 radical (unpaired) electrons. The highest BCUT2D eigenvalue weighted by atomic mass is 32.1. The highest BCUT2D eigenvalue weighted by Crippen LogP contribution is 2.30. The predicted octanol–water partition coefficient (Wildman–Crippen LogP) is 3.63. The number of rotatable bonds is 5. The predicted molar refractivity (Wildman–Crippen MR) is 97.4 cm³/mol. The molecule has 0 saturated carbocycles. The Morgan fingerprint density at radius 1 is 1.15 bits per heavy atom. The fourth-order valence-electron chi connectivity index (χ4n) is 2.27. The number of anilines is 3. The molecule has 6 nitrogen and oxygen atoms in total. The van der Waals surface area contributed by atoms with Crippen molar-refractivity contribution in [3.05, 3.63) is 70.4 Å². The molecule has 3 N–H and O–H groups in total. The van der Waals surface area contributed by atoms with Crippen LogP contribution in [0.4, 0.5) is 21.0 Å². The molecule has 0 amide bonds. The number of nitrogens with one attached hydrogen (secondary N) is 1. The number of nitrogens with two attached hydrogens (primary N) is 1. The Labute approximate surface area is 152 Å². The second-order valence-electron chi connectivity index (χ2n) is 5.27. The van der Waals surface area contributed by atoms with E-state index in [1.807, 2.05) is 0 Å². The van der Waals surface area contributed by atoms with Crippen LogP contribution in [0.5, 0.6) is 0 Å². The van der Waals surface area contributed by atoms with Crippen LogP contribution in [0, 0.1) is 5.82 Å². The highest BCUT2D eigenvalue weighted by molar-refractivity contribution is 7.18. The second kappa shape index (κ2) is 7.32. The van der Waals surface area contributed by atoms with E-state index in [2.05, 4.69) is 15.0 Å². The molecule has 0 saturated heterocycles. The number of carbonyl (C=O) groups excluding carboxylic acids is 2.